The number of hydrogen-bond acceptors (Lipinski definition) is 0. The van der Waals surface area contributed by atoms with Crippen molar-refractivity contribution in [2.75, 3.05) is 41.3 Å². The van der Waals surface area contributed by atoms with Gasteiger partial charge in [-0.05, 0) is 51.4 Å². The Morgan fingerprint density at radius 3 is 0.958 bits per heavy atom. The number of unbranched alkanes of at least 4 members (excludes halogenated alkanes) is 5. The van der Waals surface area contributed by atoms with Crippen molar-refractivity contribution in [2.45, 2.75) is 104 Å². The molecule has 24 heavy (non-hydrogen) atoms. The van der Waals surface area contributed by atoms with Crippen LogP contribution in [0.15, 0.2) is 0 Å². The summed E-state index contributed by atoms with van der Waals surface area (Å²) in [6, 6.07) is 1.69. The minimum absolute atomic E-state index is 0.843. The predicted octanol–water partition coefficient (Wildman–Crippen LogP) is 5.86. The molecule has 0 aromatic rings. The summed E-state index contributed by atoms with van der Waals surface area (Å²) in [6.07, 6.45) is 13.8. The summed E-state index contributed by atoms with van der Waals surface area (Å²) in [4.78, 5) is 0. The average Bonchev–Trinajstić information content (AvgIpc) is 2.51. The van der Waals surface area contributed by atoms with Crippen LogP contribution < -0.4 is 0 Å². The van der Waals surface area contributed by atoms with Crippen LogP contribution in [0.3, 0.4) is 0 Å². The summed E-state index contributed by atoms with van der Waals surface area (Å²) in [5.74, 6) is 0. The van der Waals surface area contributed by atoms with Gasteiger partial charge in [0.25, 0.3) is 0 Å². The van der Waals surface area contributed by atoms with Crippen LogP contribution >= 0.6 is 0 Å². The molecule has 0 aromatic carbocycles. The second-order valence-corrected chi connectivity index (χ2v) is 9.07. The number of quaternary nitrogens is 2. The van der Waals surface area contributed by atoms with Crippen molar-refractivity contribution in [1.29, 1.82) is 0 Å². The van der Waals surface area contributed by atoms with E-state index in [0.717, 1.165) is 12.1 Å². The van der Waals surface area contributed by atoms with Crippen LogP contribution in [0, 0.1) is 0 Å². The third-order valence-corrected chi connectivity index (χ3v) is 6.58. The highest BCUT2D eigenvalue weighted by Crippen LogP contribution is 2.18. The lowest BCUT2D eigenvalue weighted by Gasteiger charge is -2.37. The molecule has 0 spiro atoms. The van der Waals surface area contributed by atoms with Crippen molar-refractivity contribution >= 4 is 0 Å². The first-order chi connectivity index (χ1) is 11.2. The summed E-state index contributed by atoms with van der Waals surface area (Å²) >= 11 is 0. The van der Waals surface area contributed by atoms with E-state index in [1.165, 1.54) is 86.3 Å². The number of nitrogens with zero attached hydrogens (tertiary/aromatic N) is 2. The molecule has 0 aromatic heterocycles. The third kappa shape index (κ3) is 8.85. The smallest absolute Gasteiger partial charge is 0.0880 e. The number of hydrogen-bond donors (Lipinski definition) is 0. The van der Waals surface area contributed by atoms with E-state index in [1.807, 2.05) is 0 Å². The average molecular weight is 343 g/mol. The van der Waals surface area contributed by atoms with Gasteiger partial charge in [0, 0.05) is 0 Å². The van der Waals surface area contributed by atoms with Gasteiger partial charge < -0.3 is 8.97 Å². The first-order valence-electron chi connectivity index (χ1n) is 10.9. The summed E-state index contributed by atoms with van der Waals surface area (Å²) in [5.41, 5.74) is 0. The van der Waals surface area contributed by atoms with Crippen LogP contribution in [-0.4, -0.2) is 62.3 Å². The molecule has 0 saturated carbocycles. The van der Waals surface area contributed by atoms with Crippen LogP contribution in [0.25, 0.3) is 0 Å². The highest BCUT2D eigenvalue weighted by atomic mass is 15.3. The fourth-order valence-corrected chi connectivity index (χ4v) is 4.67. The molecule has 0 atom stereocenters. The molecule has 0 aliphatic rings. The zero-order valence-electron chi connectivity index (χ0n) is 18.5. The molecule has 2 nitrogen and oxygen atoms in total. The van der Waals surface area contributed by atoms with Crippen molar-refractivity contribution in [3.05, 3.63) is 0 Å². The lowest BCUT2D eigenvalue weighted by molar-refractivity contribution is -0.915. The third-order valence-electron chi connectivity index (χ3n) is 6.58. The Morgan fingerprint density at radius 1 is 0.458 bits per heavy atom. The molecule has 0 aliphatic carbocycles. The van der Waals surface area contributed by atoms with Crippen molar-refractivity contribution in [3.63, 3.8) is 0 Å². The molecule has 2 heteroatoms. The molecular weight excluding hydrogens is 292 g/mol. The van der Waals surface area contributed by atoms with Gasteiger partial charge in [-0.3, -0.25) is 0 Å². The van der Waals surface area contributed by atoms with Crippen LogP contribution in [0.2, 0.25) is 0 Å². The van der Waals surface area contributed by atoms with Gasteiger partial charge in [0.1, 0.15) is 0 Å². The molecule has 0 rings (SSSR count). The number of rotatable bonds is 15. The maximum absolute atomic E-state index is 2.43. The minimum Gasteiger partial charge on any atom is -0.326 e. The standard InChI is InChI=1S/C22H50N2/c1-9-21(10-2)23(5,6)19-17-15-13-14-16-18-20-24(7,8)22(11-3)12-4/h21-22H,9-20H2,1-8H3/q+2. The Bertz CT molecular complexity index is 258. The molecular formula is C22H50N2+2. The van der Waals surface area contributed by atoms with E-state index in [0.29, 0.717) is 0 Å². The molecule has 0 heterocycles. The molecule has 0 saturated heterocycles. The topological polar surface area (TPSA) is 0 Å². The maximum atomic E-state index is 2.43. The lowest BCUT2D eigenvalue weighted by atomic mass is 10.1. The van der Waals surface area contributed by atoms with Crippen molar-refractivity contribution in [1.82, 2.24) is 0 Å². The Morgan fingerprint density at radius 2 is 0.708 bits per heavy atom. The Labute approximate surface area is 154 Å². The van der Waals surface area contributed by atoms with Crippen LogP contribution in [-0.2, 0) is 0 Å². The second kappa shape index (κ2) is 12.3. The van der Waals surface area contributed by atoms with Crippen molar-refractivity contribution < 1.29 is 8.97 Å². The van der Waals surface area contributed by atoms with Crippen molar-refractivity contribution in [2.24, 2.45) is 0 Å². The van der Waals surface area contributed by atoms with Gasteiger partial charge in [-0.15, -0.1) is 0 Å². The maximum Gasteiger partial charge on any atom is 0.0880 e. The molecule has 146 valence electrons. The SMILES string of the molecule is CCC(CC)[N+](C)(C)CCCCCCCC[N+](C)(C)C(CC)CC. The lowest BCUT2D eigenvalue weighted by Crippen LogP contribution is -2.48. The molecule has 0 bridgehead atoms. The highest BCUT2D eigenvalue weighted by molar-refractivity contribution is 4.55. The first-order valence-corrected chi connectivity index (χ1v) is 10.9. The van der Waals surface area contributed by atoms with Gasteiger partial charge in [-0.2, -0.15) is 0 Å². The molecule has 0 radical (unpaired) electrons. The monoisotopic (exact) mass is 342 g/mol. The van der Waals surface area contributed by atoms with E-state index in [-0.39, 0.29) is 0 Å². The largest absolute Gasteiger partial charge is 0.326 e. The van der Waals surface area contributed by atoms with E-state index in [2.05, 4.69) is 55.9 Å². The molecule has 0 unspecified atom stereocenters. The fraction of sp³-hybridized carbons (Fsp3) is 1.00. The quantitative estimate of drug-likeness (QED) is 0.258. The van der Waals surface area contributed by atoms with E-state index >= 15 is 0 Å². The summed E-state index contributed by atoms with van der Waals surface area (Å²) in [7, 11) is 9.70. The van der Waals surface area contributed by atoms with Gasteiger partial charge in [-0.1, -0.05) is 40.5 Å². The van der Waals surface area contributed by atoms with Crippen LogP contribution in [0.4, 0.5) is 0 Å². The van der Waals surface area contributed by atoms with Gasteiger partial charge in [0.2, 0.25) is 0 Å². The van der Waals surface area contributed by atoms with Crippen LogP contribution in [0.1, 0.15) is 91.9 Å². The van der Waals surface area contributed by atoms with E-state index in [1.54, 1.807) is 0 Å². The van der Waals surface area contributed by atoms with Crippen molar-refractivity contribution in [3.8, 4) is 0 Å². The summed E-state index contributed by atoms with van der Waals surface area (Å²) in [6.45, 7) is 12.1. The fourth-order valence-electron chi connectivity index (χ4n) is 4.67. The normalized spacial score (nSPS) is 13.2. The molecule has 0 aliphatic heterocycles. The molecule has 0 amide bonds. The summed E-state index contributed by atoms with van der Waals surface area (Å²) in [5, 5.41) is 0. The van der Waals surface area contributed by atoms with Gasteiger partial charge in [0.05, 0.1) is 53.4 Å². The minimum atomic E-state index is 0.843. The van der Waals surface area contributed by atoms with E-state index in [9.17, 15) is 0 Å². The zero-order valence-corrected chi connectivity index (χ0v) is 18.5. The Balaban J connectivity index is 3.78. The second-order valence-electron chi connectivity index (χ2n) is 9.07. The van der Waals surface area contributed by atoms with E-state index in [4.69, 9.17) is 0 Å². The zero-order chi connectivity index (χ0) is 18.6. The Kier molecular flexibility index (Phi) is 12.3. The van der Waals surface area contributed by atoms with Crippen LogP contribution in [0.5, 0.6) is 0 Å². The predicted molar refractivity (Wildman–Crippen MR) is 110 cm³/mol. The van der Waals surface area contributed by atoms with Gasteiger partial charge >= 0.3 is 0 Å². The summed E-state index contributed by atoms with van der Waals surface area (Å²) < 4.78 is 2.43. The first kappa shape index (κ1) is 23.9. The molecule has 0 N–H and O–H groups in total. The van der Waals surface area contributed by atoms with E-state index < -0.39 is 0 Å². The molecule has 0 fully saturated rings. The van der Waals surface area contributed by atoms with Gasteiger partial charge in [0.15, 0.2) is 0 Å². The van der Waals surface area contributed by atoms with Gasteiger partial charge in [-0.25, -0.2) is 0 Å². The Hall–Kier alpha value is -0.0800. The highest BCUT2D eigenvalue weighted by Gasteiger charge is 2.25.